The molecule has 14 heavy (non-hydrogen) atoms. The topological polar surface area (TPSA) is 34.1 Å². The fraction of sp³-hybridized carbons (Fsp3) is 0.167. The van der Waals surface area contributed by atoms with Crippen molar-refractivity contribution in [2.75, 3.05) is 0 Å². The summed E-state index contributed by atoms with van der Waals surface area (Å²) in [5.74, 6) is -0.763. The number of carbonyl (C=O) groups excluding carboxylic acids is 2. The quantitative estimate of drug-likeness (QED) is 0.629. The van der Waals surface area contributed by atoms with E-state index in [1.165, 1.54) is 6.92 Å². The number of ketones is 2. The summed E-state index contributed by atoms with van der Waals surface area (Å²) in [7, 11) is 0. The number of hydrogen-bond acceptors (Lipinski definition) is 2. The van der Waals surface area contributed by atoms with Crippen LogP contribution in [0, 0.1) is 5.92 Å². The number of carbonyl (C=O) groups is 2. The normalized spacial score (nSPS) is 19.2. The van der Waals surface area contributed by atoms with Crippen molar-refractivity contribution < 1.29 is 9.59 Å². The standard InChI is InChI=1S/C12H10O2/c1-8(13)10-7-6-9-4-2-3-5-11(9)12(10)14/h2-7,10H,1H3/t10-/m1/s1. The molecule has 1 aliphatic rings. The Hall–Kier alpha value is -1.70. The molecule has 1 atom stereocenters. The van der Waals surface area contributed by atoms with Crippen molar-refractivity contribution in [2.45, 2.75) is 6.92 Å². The Kier molecular flexibility index (Phi) is 2.04. The largest absolute Gasteiger partial charge is 0.299 e. The number of allylic oxidation sites excluding steroid dienone is 1. The van der Waals surface area contributed by atoms with Gasteiger partial charge >= 0.3 is 0 Å². The van der Waals surface area contributed by atoms with Gasteiger partial charge in [-0.3, -0.25) is 9.59 Å². The second-order valence-corrected chi connectivity index (χ2v) is 3.40. The van der Waals surface area contributed by atoms with Gasteiger partial charge in [0.2, 0.25) is 0 Å². The zero-order valence-electron chi connectivity index (χ0n) is 7.86. The minimum Gasteiger partial charge on any atom is -0.299 e. The number of fused-ring (bicyclic) bond motifs is 1. The number of rotatable bonds is 1. The Bertz CT molecular complexity index is 430. The average molecular weight is 186 g/mol. The number of benzene rings is 1. The Morgan fingerprint density at radius 3 is 2.71 bits per heavy atom. The van der Waals surface area contributed by atoms with Crippen LogP contribution in [0.3, 0.4) is 0 Å². The third-order valence-corrected chi connectivity index (χ3v) is 2.41. The van der Waals surface area contributed by atoms with E-state index < -0.39 is 5.92 Å². The Balaban J connectivity index is 2.50. The first-order chi connectivity index (χ1) is 6.70. The summed E-state index contributed by atoms with van der Waals surface area (Å²) in [6, 6.07) is 7.33. The predicted octanol–water partition coefficient (Wildman–Crippen LogP) is 2.10. The van der Waals surface area contributed by atoms with Crippen molar-refractivity contribution in [1.82, 2.24) is 0 Å². The third kappa shape index (κ3) is 1.29. The van der Waals surface area contributed by atoms with Crippen LogP contribution in [0.15, 0.2) is 30.3 Å². The van der Waals surface area contributed by atoms with E-state index in [9.17, 15) is 9.59 Å². The first kappa shape index (κ1) is 8.88. The summed E-state index contributed by atoms with van der Waals surface area (Å²) in [4.78, 5) is 22.9. The summed E-state index contributed by atoms with van der Waals surface area (Å²) < 4.78 is 0. The zero-order chi connectivity index (χ0) is 10.1. The van der Waals surface area contributed by atoms with E-state index in [0.717, 1.165) is 5.56 Å². The molecule has 0 spiro atoms. The molecule has 0 radical (unpaired) electrons. The van der Waals surface area contributed by atoms with Crippen LogP contribution >= 0.6 is 0 Å². The van der Waals surface area contributed by atoms with Crippen molar-refractivity contribution in [2.24, 2.45) is 5.92 Å². The fourth-order valence-electron chi connectivity index (χ4n) is 1.64. The van der Waals surface area contributed by atoms with Crippen LogP contribution in [0.25, 0.3) is 6.08 Å². The molecule has 1 aromatic carbocycles. The molecule has 2 heteroatoms. The highest BCUT2D eigenvalue weighted by atomic mass is 16.1. The summed E-state index contributed by atoms with van der Waals surface area (Å²) in [6.45, 7) is 1.45. The SMILES string of the molecule is CC(=O)[C@H]1C=Cc2ccccc2C1=O. The highest BCUT2D eigenvalue weighted by molar-refractivity contribution is 6.15. The summed E-state index contributed by atoms with van der Waals surface area (Å²) in [5, 5.41) is 0. The molecule has 0 fully saturated rings. The number of hydrogen-bond donors (Lipinski definition) is 0. The lowest BCUT2D eigenvalue weighted by Gasteiger charge is -2.15. The second kappa shape index (κ2) is 3.22. The van der Waals surface area contributed by atoms with Gasteiger partial charge in [-0.2, -0.15) is 0 Å². The van der Waals surface area contributed by atoms with Crippen molar-refractivity contribution in [3.8, 4) is 0 Å². The van der Waals surface area contributed by atoms with Crippen LogP contribution < -0.4 is 0 Å². The molecular formula is C12H10O2. The predicted molar refractivity (Wildman–Crippen MR) is 54.0 cm³/mol. The monoisotopic (exact) mass is 186 g/mol. The van der Waals surface area contributed by atoms with E-state index in [2.05, 4.69) is 0 Å². The first-order valence-electron chi connectivity index (χ1n) is 4.52. The van der Waals surface area contributed by atoms with Gasteiger partial charge in [0, 0.05) is 5.56 Å². The first-order valence-corrected chi connectivity index (χ1v) is 4.52. The third-order valence-electron chi connectivity index (χ3n) is 2.41. The van der Waals surface area contributed by atoms with E-state index in [4.69, 9.17) is 0 Å². The van der Waals surface area contributed by atoms with Crippen LogP contribution in [0.4, 0.5) is 0 Å². The molecule has 0 heterocycles. The molecule has 2 rings (SSSR count). The van der Waals surface area contributed by atoms with E-state index in [1.54, 1.807) is 12.1 Å². The minimum atomic E-state index is -0.579. The van der Waals surface area contributed by atoms with Crippen LogP contribution in [-0.4, -0.2) is 11.6 Å². The zero-order valence-corrected chi connectivity index (χ0v) is 7.86. The van der Waals surface area contributed by atoms with Crippen molar-refractivity contribution >= 4 is 17.6 Å². The molecule has 2 nitrogen and oxygen atoms in total. The van der Waals surface area contributed by atoms with Gasteiger partial charge in [-0.05, 0) is 12.5 Å². The lowest BCUT2D eigenvalue weighted by molar-refractivity contribution is -0.118. The lowest BCUT2D eigenvalue weighted by Crippen LogP contribution is -2.23. The Morgan fingerprint density at radius 2 is 2.00 bits per heavy atom. The number of Topliss-reactive ketones (excluding diaryl/α,β-unsaturated/α-hetero) is 2. The molecule has 70 valence electrons. The minimum absolute atomic E-state index is 0.0874. The summed E-state index contributed by atoms with van der Waals surface area (Å²) in [5.41, 5.74) is 1.55. The Morgan fingerprint density at radius 1 is 1.29 bits per heavy atom. The molecule has 0 saturated carbocycles. The van der Waals surface area contributed by atoms with Gasteiger partial charge in [-0.15, -0.1) is 0 Å². The van der Waals surface area contributed by atoms with E-state index in [0.29, 0.717) is 5.56 Å². The van der Waals surface area contributed by atoms with Crippen LogP contribution in [0.2, 0.25) is 0 Å². The molecule has 0 N–H and O–H groups in total. The Labute approximate surface area is 82.2 Å². The molecule has 1 aliphatic carbocycles. The van der Waals surface area contributed by atoms with Crippen LogP contribution in [0.5, 0.6) is 0 Å². The highest BCUT2D eigenvalue weighted by Gasteiger charge is 2.26. The van der Waals surface area contributed by atoms with E-state index in [-0.39, 0.29) is 11.6 Å². The molecule has 0 aromatic heterocycles. The van der Waals surface area contributed by atoms with Crippen molar-refractivity contribution in [1.29, 1.82) is 0 Å². The fourth-order valence-corrected chi connectivity index (χ4v) is 1.64. The molecule has 1 aromatic rings. The van der Waals surface area contributed by atoms with Gasteiger partial charge in [-0.25, -0.2) is 0 Å². The van der Waals surface area contributed by atoms with Crippen LogP contribution in [-0.2, 0) is 4.79 Å². The maximum Gasteiger partial charge on any atom is 0.177 e. The molecule has 0 bridgehead atoms. The maximum absolute atomic E-state index is 11.8. The maximum atomic E-state index is 11.8. The van der Waals surface area contributed by atoms with Gasteiger partial charge in [0.15, 0.2) is 5.78 Å². The van der Waals surface area contributed by atoms with Crippen molar-refractivity contribution in [3.05, 3.63) is 41.5 Å². The van der Waals surface area contributed by atoms with Gasteiger partial charge in [-0.1, -0.05) is 36.4 Å². The van der Waals surface area contributed by atoms with E-state index >= 15 is 0 Å². The van der Waals surface area contributed by atoms with Crippen LogP contribution in [0.1, 0.15) is 22.8 Å². The van der Waals surface area contributed by atoms with Gasteiger partial charge < -0.3 is 0 Å². The molecule has 0 saturated heterocycles. The summed E-state index contributed by atoms with van der Waals surface area (Å²) in [6.07, 6.45) is 3.51. The van der Waals surface area contributed by atoms with Gasteiger partial charge in [0.05, 0.1) is 5.92 Å². The average Bonchev–Trinajstić information content (AvgIpc) is 2.18. The molecule has 0 unspecified atom stereocenters. The smallest absolute Gasteiger partial charge is 0.177 e. The highest BCUT2D eigenvalue weighted by Crippen LogP contribution is 2.22. The molecule has 0 amide bonds. The van der Waals surface area contributed by atoms with Gasteiger partial charge in [0.25, 0.3) is 0 Å². The summed E-state index contributed by atoms with van der Waals surface area (Å²) >= 11 is 0. The molecular weight excluding hydrogens is 176 g/mol. The second-order valence-electron chi connectivity index (χ2n) is 3.40. The van der Waals surface area contributed by atoms with E-state index in [1.807, 2.05) is 24.3 Å². The molecule has 0 aliphatic heterocycles. The lowest BCUT2D eigenvalue weighted by atomic mass is 9.86. The van der Waals surface area contributed by atoms with Crippen molar-refractivity contribution in [3.63, 3.8) is 0 Å². The van der Waals surface area contributed by atoms with Gasteiger partial charge in [0.1, 0.15) is 5.78 Å².